The quantitative estimate of drug-likeness (QED) is 0.868. The van der Waals surface area contributed by atoms with E-state index < -0.39 is 11.6 Å². The maximum atomic E-state index is 12.0. The van der Waals surface area contributed by atoms with Crippen LogP contribution < -0.4 is 5.32 Å². The second-order valence-electron chi connectivity index (χ2n) is 4.90. The monoisotopic (exact) mass is 255 g/mol. The number of nitrogens with one attached hydrogen (secondary N) is 1. The van der Waals surface area contributed by atoms with Crippen LogP contribution in [0.25, 0.3) is 0 Å². The van der Waals surface area contributed by atoms with Gasteiger partial charge in [-0.25, -0.2) is 0 Å². The van der Waals surface area contributed by atoms with Gasteiger partial charge in [-0.2, -0.15) is 0 Å². The van der Waals surface area contributed by atoms with Crippen molar-refractivity contribution in [2.75, 3.05) is 0 Å². The summed E-state index contributed by atoms with van der Waals surface area (Å²) in [5.41, 5.74) is 0.608. The molecule has 4 heteroatoms. The van der Waals surface area contributed by atoms with E-state index in [9.17, 15) is 9.90 Å². The van der Waals surface area contributed by atoms with E-state index in [0.717, 1.165) is 6.42 Å². The Labute approximate surface area is 107 Å². The SMILES string of the molecule is CCc1cc(C(=O)NC(C)(C)C(C)O)sc1C. The fraction of sp³-hybridized carbons (Fsp3) is 0.615. The Kier molecular flexibility index (Phi) is 4.33. The Morgan fingerprint density at radius 1 is 1.59 bits per heavy atom. The normalized spacial score (nSPS) is 13.5. The molecule has 96 valence electrons. The zero-order chi connectivity index (χ0) is 13.2. The van der Waals surface area contributed by atoms with Gasteiger partial charge in [-0.1, -0.05) is 6.92 Å². The summed E-state index contributed by atoms with van der Waals surface area (Å²) in [6.45, 7) is 9.42. The molecule has 0 bridgehead atoms. The molecule has 0 aliphatic heterocycles. The topological polar surface area (TPSA) is 49.3 Å². The first kappa shape index (κ1) is 14.2. The molecular formula is C13H21NO2S. The summed E-state index contributed by atoms with van der Waals surface area (Å²) < 4.78 is 0. The molecule has 1 unspecified atom stereocenters. The van der Waals surface area contributed by atoms with Crippen molar-refractivity contribution in [3.63, 3.8) is 0 Å². The van der Waals surface area contributed by atoms with Gasteiger partial charge in [0.05, 0.1) is 16.5 Å². The number of aryl methyl sites for hydroxylation is 2. The minimum Gasteiger partial charge on any atom is -0.391 e. The molecule has 0 aromatic carbocycles. The number of aliphatic hydroxyl groups is 1. The molecule has 1 atom stereocenters. The summed E-state index contributed by atoms with van der Waals surface area (Å²) in [5.74, 6) is -0.108. The standard InChI is InChI=1S/C13H21NO2S/c1-6-10-7-11(17-8(10)2)12(16)14-13(4,5)9(3)15/h7,9,15H,6H2,1-5H3,(H,14,16). The largest absolute Gasteiger partial charge is 0.391 e. The summed E-state index contributed by atoms with van der Waals surface area (Å²) in [5, 5.41) is 12.4. The van der Waals surface area contributed by atoms with Gasteiger partial charge >= 0.3 is 0 Å². The molecule has 0 saturated heterocycles. The van der Waals surface area contributed by atoms with Crippen molar-refractivity contribution in [3.05, 3.63) is 21.4 Å². The van der Waals surface area contributed by atoms with Gasteiger partial charge in [-0.05, 0) is 45.7 Å². The third-order valence-corrected chi connectivity index (χ3v) is 4.20. The molecule has 0 aliphatic rings. The van der Waals surface area contributed by atoms with Gasteiger partial charge < -0.3 is 10.4 Å². The Balaban J connectivity index is 2.83. The Bertz CT molecular complexity index is 408. The van der Waals surface area contributed by atoms with E-state index in [1.54, 1.807) is 6.92 Å². The van der Waals surface area contributed by atoms with Crippen LogP contribution in [0.1, 0.15) is 47.8 Å². The first-order chi connectivity index (χ1) is 7.77. The minimum absolute atomic E-state index is 0.108. The van der Waals surface area contributed by atoms with Crippen molar-refractivity contribution in [1.82, 2.24) is 5.32 Å². The molecule has 0 fully saturated rings. The van der Waals surface area contributed by atoms with Crippen molar-refractivity contribution in [2.45, 2.75) is 52.7 Å². The summed E-state index contributed by atoms with van der Waals surface area (Å²) in [4.78, 5) is 13.9. The molecule has 0 aliphatic carbocycles. The number of carbonyl (C=O) groups excluding carboxylic acids is 1. The van der Waals surface area contributed by atoms with Gasteiger partial charge in [0, 0.05) is 4.88 Å². The van der Waals surface area contributed by atoms with E-state index in [-0.39, 0.29) is 5.91 Å². The number of aliphatic hydroxyl groups excluding tert-OH is 1. The summed E-state index contributed by atoms with van der Waals surface area (Å²) >= 11 is 1.51. The van der Waals surface area contributed by atoms with E-state index >= 15 is 0 Å². The van der Waals surface area contributed by atoms with Crippen molar-refractivity contribution in [2.24, 2.45) is 0 Å². The second-order valence-corrected chi connectivity index (χ2v) is 6.15. The predicted octanol–water partition coefficient (Wildman–Crippen LogP) is 2.51. The summed E-state index contributed by atoms with van der Waals surface area (Å²) in [6, 6.07) is 1.94. The number of hydrogen-bond acceptors (Lipinski definition) is 3. The van der Waals surface area contributed by atoms with Crippen LogP contribution in [-0.2, 0) is 6.42 Å². The van der Waals surface area contributed by atoms with E-state index in [0.29, 0.717) is 4.88 Å². The smallest absolute Gasteiger partial charge is 0.261 e. The lowest BCUT2D eigenvalue weighted by atomic mass is 9.99. The first-order valence-corrected chi connectivity index (χ1v) is 6.69. The molecule has 2 N–H and O–H groups in total. The fourth-order valence-corrected chi connectivity index (χ4v) is 2.45. The number of thiophene rings is 1. The van der Waals surface area contributed by atoms with Gasteiger partial charge in [0.25, 0.3) is 5.91 Å². The maximum Gasteiger partial charge on any atom is 0.261 e. The van der Waals surface area contributed by atoms with Crippen LogP contribution >= 0.6 is 11.3 Å². The van der Waals surface area contributed by atoms with Crippen LogP contribution in [-0.4, -0.2) is 22.7 Å². The van der Waals surface area contributed by atoms with E-state index in [1.165, 1.54) is 21.8 Å². The van der Waals surface area contributed by atoms with Crippen molar-refractivity contribution >= 4 is 17.2 Å². The maximum absolute atomic E-state index is 12.0. The van der Waals surface area contributed by atoms with E-state index in [2.05, 4.69) is 12.2 Å². The lowest BCUT2D eigenvalue weighted by Gasteiger charge is -2.29. The zero-order valence-electron chi connectivity index (χ0n) is 11.1. The number of rotatable bonds is 4. The van der Waals surface area contributed by atoms with Crippen LogP contribution in [0.5, 0.6) is 0 Å². The van der Waals surface area contributed by atoms with Gasteiger partial charge in [-0.3, -0.25) is 4.79 Å². The van der Waals surface area contributed by atoms with Gasteiger partial charge in [0.2, 0.25) is 0 Å². The highest BCUT2D eigenvalue weighted by Crippen LogP contribution is 2.22. The molecule has 0 saturated carbocycles. The lowest BCUT2D eigenvalue weighted by molar-refractivity contribution is 0.0712. The summed E-state index contributed by atoms with van der Waals surface area (Å²) in [6.07, 6.45) is 0.355. The molecule has 0 spiro atoms. The van der Waals surface area contributed by atoms with Crippen LogP contribution in [0, 0.1) is 6.92 Å². The Hall–Kier alpha value is -0.870. The molecule has 1 heterocycles. The van der Waals surface area contributed by atoms with Crippen LogP contribution in [0.3, 0.4) is 0 Å². The highest BCUT2D eigenvalue weighted by molar-refractivity contribution is 7.14. The minimum atomic E-state index is -0.610. The van der Waals surface area contributed by atoms with Gasteiger partial charge in [0.15, 0.2) is 0 Å². The zero-order valence-corrected chi connectivity index (χ0v) is 11.9. The molecule has 1 amide bonds. The van der Waals surface area contributed by atoms with Crippen molar-refractivity contribution < 1.29 is 9.90 Å². The van der Waals surface area contributed by atoms with Crippen LogP contribution in [0.2, 0.25) is 0 Å². The summed E-state index contributed by atoms with van der Waals surface area (Å²) in [7, 11) is 0. The van der Waals surface area contributed by atoms with Gasteiger partial charge in [-0.15, -0.1) is 11.3 Å². The third kappa shape index (κ3) is 3.30. The van der Waals surface area contributed by atoms with Crippen molar-refractivity contribution in [3.8, 4) is 0 Å². The van der Waals surface area contributed by atoms with E-state index in [4.69, 9.17) is 0 Å². The number of hydrogen-bond donors (Lipinski definition) is 2. The van der Waals surface area contributed by atoms with Crippen LogP contribution in [0.15, 0.2) is 6.07 Å². The molecule has 3 nitrogen and oxygen atoms in total. The second kappa shape index (κ2) is 5.19. The van der Waals surface area contributed by atoms with Gasteiger partial charge in [0.1, 0.15) is 0 Å². The molecule has 17 heavy (non-hydrogen) atoms. The van der Waals surface area contributed by atoms with E-state index in [1.807, 2.05) is 26.8 Å². The fourth-order valence-electron chi connectivity index (χ4n) is 1.44. The average Bonchev–Trinajstić information content (AvgIpc) is 2.58. The Morgan fingerprint density at radius 2 is 2.18 bits per heavy atom. The first-order valence-electron chi connectivity index (χ1n) is 5.87. The lowest BCUT2D eigenvalue weighted by Crippen LogP contribution is -2.50. The van der Waals surface area contributed by atoms with Crippen LogP contribution in [0.4, 0.5) is 0 Å². The molecule has 1 rings (SSSR count). The molecule has 1 aromatic rings. The molecule has 1 aromatic heterocycles. The molecule has 0 radical (unpaired) electrons. The average molecular weight is 255 g/mol. The third-order valence-electron chi connectivity index (χ3n) is 3.11. The number of amides is 1. The highest BCUT2D eigenvalue weighted by Gasteiger charge is 2.27. The predicted molar refractivity (Wildman–Crippen MR) is 71.7 cm³/mol. The number of carbonyl (C=O) groups is 1. The molecular weight excluding hydrogens is 234 g/mol. The highest BCUT2D eigenvalue weighted by atomic mass is 32.1. The Morgan fingerprint density at radius 3 is 2.59 bits per heavy atom. The van der Waals surface area contributed by atoms with Crippen molar-refractivity contribution in [1.29, 1.82) is 0 Å².